The van der Waals surface area contributed by atoms with E-state index in [-0.39, 0.29) is 11.6 Å². The lowest BCUT2D eigenvalue weighted by atomic mass is 10.2. The molecule has 28 heavy (non-hydrogen) atoms. The second-order valence-corrected chi connectivity index (χ2v) is 6.76. The third-order valence-electron chi connectivity index (χ3n) is 4.04. The standard InChI is InChI=1S/C22H24N4O2/c1-15(2)14-23-20-13-18(24-21(26-20)16-9-5-4-6-10-16)22(27)25-17-11-7-8-12-19(17)28-3/h4-13,15H,14H2,1-3H3,(H,25,27)(H,23,24,26). The highest BCUT2D eigenvalue weighted by Gasteiger charge is 2.15. The molecule has 0 fully saturated rings. The van der Waals surface area contributed by atoms with Crippen molar-refractivity contribution in [3.8, 4) is 17.1 Å². The predicted molar refractivity (Wildman–Crippen MR) is 112 cm³/mol. The second kappa shape index (κ2) is 8.99. The Kier molecular flexibility index (Phi) is 6.22. The Morgan fingerprint density at radius 3 is 2.46 bits per heavy atom. The molecule has 0 bridgehead atoms. The highest BCUT2D eigenvalue weighted by atomic mass is 16.5. The minimum atomic E-state index is -0.323. The molecule has 0 saturated carbocycles. The van der Waals surface area contributed by atoms with Crippen molar-refractivity contribution in [1.82, 2.24) is 9.97 Å². The zero-order chi connectivity index (χ0) is 19.9. The van der Waals surface area contributed by atoms with E-state index in [2.05, 4.69) is 34.4 Å². The lowest BCUT2D eigenvalue weighted by Crippen LogP contribution is -2.17. The zero-order valence-electron chi connectivity index (χ0n) is 16.3. The maximum atomic E-state index is 12.9. The van der Waals surface area contributed by atoms with Crippen LogP contribution in [0, 0.1) is 5.92 Å². The molecule has 1 aromatic heterocycles. The van der Waals surface area contributed by atoms with Crippen LogP contribution in [0.15, 0.2) is 60.7 Å². The number of para-hydroxylation sites is 2. The van der Waals surface area contributed by atoms with Crippen LogP contribution >= 0.6 is 0 Å². The minimum absolute atomic E-state index is 0.283. The van der Waals surface area contributed by atoms with Crippen LogP contribution in [-0.4, -0.2) is 29.5 Å². The van der Waals surface area contributed by atoms with Crippen LogP contribution in [0.2, 0.25) is 0 Å². The molecule has 6 heteroatoms. The monoisotopic (exact) mass is 376 g/mol. The summed E-state index contributed by atoms with van der Waals surface area (Å²) in [6.07, 6.45) is 0. The lowest BCUT2D eigenvalue weighted by molar-refractivity contribution is 0.102. The number of ether oxygens (including phenoxy) is 1. The largest absolute Gasteiger partial charge is 0.495 e. The molecule has 0 aliphatic carbocycles. The van der Waals surface area contributed by atoms with Gasteiger partial charge in [0.05, 0.1) is 12.8 Å². The number of hydrogen-bond donors (Lipinski definition) is 2. The molecular formula is C22H24N4O2. The van der Waals surface area contributed by atoms with Crippen LogP contribution in [0.5, 0.6) is 5.75 Å². The van der Waals surface area contributed by atoms with E-state index in [0.29, 0.717) is 29.0 Å². The van der Waals surface area contributed by atoms with Gasteiger partial charge in [-0.1, -0.05) is 56.3 Å². The van der Waals surface area contributed by atoms with Crippen LogP contribution in [0.25, 0.3) is 11.4 Å². The first-order valence-electron chi connectivity index (χ1n) is 9.19. The van der Waals surface area contributed by atoms with E-state index in [0.717, 1.165) is 12.1 Å². The van der Waals surface area contributed by atoms with Crippen LogP contribution in [0.1, 0.15) is 24.3 Å². The van der Waals surface area contributed by atoms with Crippen molar-refractivity contribution in [2.24, 2.45) is 5.92 Å². The van der Waals surface area contributed by atoms with Crippen molar-refractivity contribution in [3.05, 3.63) is 66.4 Å². The summed E-state index contributed by atoms with van der Waals surface area (Å²) in [5, 5.41) is 6.15. The van der Waals surface area contributed by atoms with E-state index in [4.69, 9.17) is 4.74 Å². The maximum absolute atomic E-state index is 12.9. The Balaban J connectivity index is 1.94. The van der Waals surface area contributed by atoms with E-state index in [1.165, 1.54) is 0 Å². The first kappa shape index (κ1) is 19.4. The number of methoxy groups -OCH3 is 1. The minimum Gasteiger partial charge on any atom is -0.495 e. The number of rotatable bonds is 7. The Labute approximate surface area is 165 Å². The fourth-order valence-electron chi connectivity index (χ4n) is 2.61. The van der Waals surface area contributed by atoms with Gasteiger partial charge in [-0.05, 0) is 18.1 Å². The summed E-state index contributed by atoms with van der Waals surface area (Å²) in [7, 11) is 1.57. The van der Waals surface area contributed by atoms with Gasteiger partial charge in [0.2, 0.25) is 0 Å². The van der Waals surface area contributed by atoms with Gasteiger partial charge in [-0.3, -0.25) is 4.79 Å². The van der Waals surface area contributed by atoms with Gasteiger partial charge >= 0.3 is 0 Å². The summed E-state index contributed by atoms with van der Waals surface area (Å²) in [5.74, 6) is 1.83. The number of nitrogens with one attached hydrogen (secondary N) is 2. The number of anilines is 2. The average molecular weight is 376 g/mol. The molecule has 0 aliphatic heterocycles. The van der Waals surface area contributed by atoms with Crippen molar-refractivity contribution in [2.45, 2.75) is 13.8 Å². The van der Waals surface area contributed by atoms with Gasteiger partial charge in [-0.15, -0.1) is 0 Å². The fraction of sp³-hybridized carbons (Fsp3) is 0.227. The molecule has 1 amide bonds. The smallest absolute Gasteiger partial charge is 0.274 e. The fourth-order valence-corrected chi connectivity index (χ4v) is 2.61. The third-order valence-corrected chi connectivity index (χ3v) is 4.04. The summed E-state index contributed by atoms with van der Waals surface area (Å²) >= 11 is 0. The molecule has 3 aromatic rings. The van der Waals surface area contributed by atoms with Gasteiger partial charge < -0.3 is 15.4 Å². The van der Waals surface area contributed by atoms with Gasteiger partial charge in [0.25, 0.3) is 5.91 Å². The average Bonchev–Trinajstić information content (AvgIpc) is 2.73. The van der Waals surface area contributed by atoms with E-state index >= 15 is 0 Å². The van der Waals surface area contributed by atoms with Crippen LogP contribution in [0.3, 0.4) is 0 Å². The molecule has 6 nitrogen and oxygen atoms in total. The quantitative estimate of drug-likeness (QED) is 0.636. The van der Waals surface area contributed by atoms with Crippen LogP contribution in [-0.2, 0) is 0 Å². The van der Waals surface area contributed by atoms with Gasteiger partial charge in [-0.2, -0.15) is 0 Å². The second-order valence-electron chi connectivity index (χ2n) is 6.76. The highest BCUT2D eigenvalue weighted by molar-refractivity contribution is 6.04. The first-order chi connectivity index (χ1) is 13.6. The molecule has 2 aromatic carbocycles. The number of benzene rings is 2. The highest BCUT2D eigenvalue weighted by Crippen LogP contribution is 2.24. The van der Waals surface area contributed by atoms with Gasteiger partial charge in [-0.25, -0.2) is 9.97 Å². The Bertz CT molecular complexity index is 942. The van der Waals surface area contributed by atoms with Crippen molar-refractivity contribution in [1.29, 1.82) is 0 Å². The molecule has 0 radical (unpaired) electrons. The predicted octanol–water partition coefficient (Wildman–Crippen LogP) is 4.47. The topological polar surface area (TPSA) is 76.1 Å². The van der Waals surface area contributed by atoms with Gasteiger partial charge in [0, 0.05) is 18.2 Å². The van der Waals surface area contributed by atoms with E-state index < -0.39 is 0 Å². The summed E-state index contributed by atoms with van der Waals surface area (Å²) in [4.78, 5) is 21.9. The van der Waals surface area contributed by atoms with E-state index in [1.807, 2.05) is 42.5 Å². The van der Waals surface area contributed by atoms with Crippen molar-refractivity contribution in [3.63, 3.8) is 0 Å². The van der Waals surface area contributed by atoms with Crippen LogP contribution in [0.4, 0.5) is 11.5 Å². The molecule has 2 N–H and O–H groups in total. The first-order valence-corrected chi connectivity index (χ1v) is 9.19. The number of aromatic nitrogens is 2. The summed E-state index contributed by atoms with van der Waals surface area (Å²) < 4.78 is 5.30. The summed E-state index contributed by atoms with van der Waals surface area (Å²) in [5.41, 5.74) is 1.72. The number of hydrogen-bond acceptors (Lipinski definition) is 5. The van der Waals surface area contributed by atoms with Crippen molar-refractivity contribution in [2.75, 3.05) is 24.3 Å². The molecule has 0 unspecified atom stereocenters. The van der Waals surface area contributed by atoms with Crippen molar-refractivity contribution < 1.29 is 9.53 Å². The lowest BCUT2D eigenvalue weighted by Gasteiger charge is -2.13. The van der Waals surface area contributed by atoms with E-state index in [9.17, 15) is 4.79 Å². The maximum Gasteiger partial charge on any atom is 0.274 e. The molecule has 3 rings (SSSR count). The van der Waals surface area contributed by atoms with Gasteiger partial charge in [0.1, 0.15) is 17.3 Å². The number of amides is 1. The van der Waals surface area contributed by atoms with Crippen LogP contribution < -0.4 is 15.4 Å². The van der Waals surface area contributed by atoms with Crippen molar-refractivity contribution >= 4 is 17.4 Å². The normalized spacial score (nSPS) is 10.6. The molecule has 0 saturated heterocycles. The Morgan fingerprint density at radius 2 is 1.75 bits per heavy atom. The molecule has 0 atom stereocenters. The molecule has 1 heterocycles. The third kappa shape index (κ3) is 4.85. The molecule has 144 valence electrons. The zero-order valence-corrected chi connectivity index (χ0v) is 16.3. The van der Waals surface area contributed by atoms with Gasteiger partial charge in [0.15, 0.2) is 5.82 Å². The SMILES string of the molecule is COc1ccccc1NC(=O)c1cc(NCC(C)C)nc(-c2ccccc2)n1. The summed E-state index contributed by atoms with van der Waals surface area (Å²) in [6, 6.07) is 18.5. The summed E-state index contributed by atoms with van der Waals surface area (Å²) in [6.45, 7) is 4.97. The number of nitrogens with zero attached hydrogens (tertiary/aromatic N) is 2. The Hall–Kier alpha value is -3.41. The molecule has 0 aliphatic rings. The van der Waals surface area contributed by atoms with E-state index in [1.54, 1.807) is 25.3 Å². The molecule has 0 spiro atoms. The Morgan fingerprint density at radius 1 is 1.04 bits per heavy atom. The number of carbonyl (C=O) groups is 1. The number of carbonyl (C=O) groups excluding carboxylic acids is 1. The molecular weight excluding hydrogens is 352 g/mol.